The number of ether oxygens (including phenoxy) is 1. The minimum atomic E-state index is -2.03. The van der Waals surface area contributed by atoms with Gasteiger partial charge in [-0.15, -0.1) is 0 Å². The van der Waals surface area contributed by atoms with Crippen LogP contribution >= 0.6 is 0 Å². The van der Waals surface area contributed by atoms with E-state index in [1.165, 1.54) is 19.1 Å². The molecule has 542 valence electrons. The van der Waals surface area contributed by atoms with Crippen molar-refractivity contribution < 1.29 is 98.1 Å². The first-order chi connectivity index (χ1) is 45.2. The van der Waals surface area contributed by atoms with Gasteiger partial charge in [0.25, 0.3) is 0 Å². The number of aliphatic hydroxyl groups excluding tert-OH is 4. The predicted octanol–water partition coefficient (Wildman–Crippen LogP) is -5.26. The monoisotopic (exact) mass is 1470 g/mol. The summed E-state index contributed by atoms with van der Waals surface area (Å²) in [6, 6.07) is -4.13. The number of rotatable bonds is 25. The van der Waals surface area contributed by atoms with Crippen LogP contribution in [0.25, 0.3) is 0 Å². The number of nitrogens with two attached hydrogens (primary N) is 2. The number of aromatic nitrogens is 2. The number of aryl methyl sites for hydroxylation is 2. The molecular weight excluding hydrogens is 1360 g/mol. The number of nitrogens with zero attached hydrogens (tertiary/aromatic N) is 2. The van der Waals surface area contributed by atoms with Crippen LogP contribution in [0.1, 0.15) is 138 Å². The minimum absolute atomic E-state index is 0.00715. The molecule has 19 N–H and O–H groups in total. The van der Waals surface area contributed by atoms with E-state index in [0.29, 0.717) is 30.0 Å². The van der Waals surface area contributed by atoms with Crippen molar-refractivity contribution >= 4 is 65.5 Å². The molecule has 0 saturated carbocycles. The Bertz CT molecular complexity index is 2820. The third-order valence-electron chi connectivity index (χ3n) is 15.8. The van der Waals surface area contributed by atoms with Crippen LogP contribution in [-0.4, -0.2) is 208 Å². The van der Waals surface area contributed by atoms with Gasteiger partial charge in [-0.25, -0.2) is 9.97 Å². The number of carbonyl (C=O) groups excluding carboxylic acids is 10. The predicted molar refractivity (Wildman–Crippen MR) is 351 cm³/mol. The third-order valence-corrected chi connectivity index (χ3v) is 17.5. The van der Waals surface area contributed by atoms with Gasteiger partial charge in [-0.1, -0.05) is 48.0 Å². The van der Waals surface area contributed by atoms with E-state index in [0.717, 1.165) is 0 Å². The summed E-state index contributed by atoms with van der Waals surface area (Å²) in [6.45, 7) is 19.4. The van der Waals surface area contributed by atoms with Gasteiger partial charge in [0.15, 0.2) is 0 Å². The second kappa shape index (κ2) is 41.6. The van der Waals surface area contributed by atoms with Gasteiger partial charge in [-0.05, 0) is 63.4 Å². The van der Waals surface area contributed by atoms with Gasteiger partial charge < -0.3 is 26.5 Å². The van der Waals surface area contributed by atoms with Crippen molar-refractivity contribution in [2.75, 3.05) is 44.7 Å². The molecule has 0 spiro atoms. The van der Waals surface area contributed by atoms with E-state index in [2.05, 4.69) is 66.7 Å². The second-order valence-electron chi connectivity index (χ2n) is 26.2. The average molecular weight is 1470 g/mol. The standard InChI is InChI=1S/C64H107IN15O16/c1-14-37(10)49-59(91)76-50(40(13)83)58(90)69-28-48(85)73-46(47(84)27-66)30-95-65-80-45(29-81)62(94)96-54(41-19-16-15-17-20-41)52(78-57(89)44(24-34(4)5)74-55(87)42(67)23-33(2)3)60(92)77-51(53(86)36(8)9)61(93)79-64(32-82,26-35(6)7)31-70-43(56(88)75-49)21-18-22-68-63-71-38(11)25-39(12)72-63/h15-17,19-20,25,32-37,40,42-47,49-54,70,80-81,83-84,86H,14,18,21-24,26-31,66-67H2,1-13H3,(H,69,90)(H,73,85)(H,74,87)(H,75,88)(H,76,91)(H,77,92)(H,78,89)(H,79,93)(H,68,71,72)/q-1/t37-,40-,42+,43+,44-,45?,46+,47+,49-,50-,51-,52-,53+,54+,64+/m0/s1. The average Bonchev–Trinajstić information content (AvgIpc) is 0.847. The molecule has 96 heavy (non-hydrogen) atoms. The molecule has 2 aromatic rings. The number of cyclic esters (lactones) is 1. The summed E-state index contributed by atoms with van der Waals surface area (Å²) in [6.07, 6.45) is -5.39. The van der Waals surface area contributed by atoms with Crippen LogP contribution in [0.15, 0.2) is 36.4 Å². The Hall–Kier alpha value is -6.63. The molecule has 0 bridgehead atoms. The number of esters is 1. The first-order valence-corrected chi connectivity index (χ1v) is 34.7. The number of amides is 8. The zero-order valence-electron chi connectivity index (χ0n) is 57.5. The summed E-state index contributed by atoms with van der Waals surface area (Å²) in [5.74, 6) is -10.4. The number of anilines is 1. The van der Waals surface area contributed by atoms with Gasteiger partial charge in [0.1, 0.15) is 6.29 Å². The van der Waals surface area contributed by atoms with Crippen molar-refractivity contribution in [3.63, 3.8) is 0 Å². The third kappa shape index (κ3) is 27.7. The van der Waals surface area contributed by atoms with Crippen LogP contribution in [0, 0.1) is 43.4 Å². The quantitative estimate of drug-likeness (QED) is 0.0145. The summed E-state index contributed by atoms with van der Waals surface area (Å²) in [5.41, 5.74) is 11.6. The van der Waals surface area contributed by atoms with E-state index in [1.54, 1.807) is 93.5 Å². The molecule has 2 heterocycles. The van der Waals surface area contributed by atoms with E-state index in [-0.39, 0.29) is 68.5 Å². The Labute approximate surface area is 574 Å². The fourth-order valence-corrected chi connectivity index (χ4v) is 11.9. The van der Waals surface area contributed by atoms with Crippen LogP contribution in [0.2, 0.25) is 0 Å². The summed E-state index contributed by atoms with van der Waals surface area (Å²) in [7, 11) is 0. The molecule has 31 nitrogen and oxygen atoms in total. The molecule has 0 aliphatic carbocycles. The number of hydrogen-bond donors (Lipinski definition) is 17. The molecule has 32 heteroatoms. The number of halogens is 1. The Kier molecular flexibility index (Phi) is 36.2. The summed E-state index contributed by atoms with van der Waals surface area (Å²) in [4.78, 5) is 153. The van der Waals surface area contributed by atoms with Gasteiger partial charge in [0.2, 0.25) is 11.9 Å². The van der Waals surface area contributed by atoms with E-state index < -0.39 is 198 Å². The Morgan fingerprint density at radius 2 is 1.42 bits per heavy atom. The fraction of sp³-hybridized carbons (Fsp3) is 0.688. The number of nitrogens with one attached hydrogen (secondary N) is 11. The Morgan fingerprint density at radius 3 is 1.98 bits per heavy atom. The number of hydrogen-bond acceptors (Lipinski definition) is 23. The molecule has 0 radical (unpaired) electrons. The fourth-order valence-electron chi connectivity index (χ4n) is 10.4. The van der Waals surface area contributed by atoms with Crippen LogP contribution in [0.5, 0.6) is 0 Å². The molecule has 1 aliphatic heterocycles. The topological polar surface area (TPSA) is 480 Å². The first-order valence-electron chi connectivity index (χ1n) is 32.7. The molecule has 1 aliphatic rings. The number of carbonyl (C=O) groups is 10. The van der Waals surface area contributed by atoms with E-state index in [9.17, 15) is 58.8 Å². The SMILES string of the molecule is CC[C@H](C)[C@@H]1NC(=O)[C@@H](CCCNc2nc(C)cc(C)n2)NC[C@@](C=O)(CC(C)C)NC(=O)[C@H]([C@H](O)C(C)C)NC(=O)[C@@H](NC(=O)[C@H](CC(C)C)NC(=O)[C@H](N)CC(C)C)[C@@H](c2ccccc2)OC(=O)C(CO)N[I-]OC[C@H]([C@H](O)CN)NC(=O)CNC(=O)[C@H]([C@H](C)O)NC1=O. The molecule has 1 saturated heterocycles. The van der Waals surface area contributed by atoms with Gasteiger partial charge in [-0.3, -0.25) is 4.79 Å². The van der Waals surface area contributed by atoms with Crippen molar-refractivity contribution in [3.05, 3.63) is 53.3 Å². The van der Waals surface area contributed by atoms with Crippen molar-refractivity contribution in [2.45, 2.75) is 213 Å². The molecule has 1 aromatic heterocycles. The summed E-state index contributed by atoms with van der Waals surface area (Å²) in [5, 5.41) is 71.7. The van der Waals surface area contributed by atoms with Crippen LogP contribution < -0.4 is 90.1 Å². The Balaban J connectivity index is 2.37. The van der Waals surface area contributed by atoms with Crippen molar-refractivity contribution in [2.24, 2.45) is 41.1 Å². The van der Waals surface area contributed by atoms with E-state index in [4.69, 9.17) is 19.3 Å². The maximum atomic E-state index is 15.5. The molecule has 1 aromatic carbocycles. The van der Waals surface area contributed by atoms with E-state index >= 15 is 9.59 Å². The van der Waals surface area contributed by atoms with Gasteiger partial charge in [-0.2, -0.15) is 0 Å². The molecule has 1 fully saturated rings. The van der Waals surface area contributed by atoms with Crippen LogP contribution in [0.4, 0.5) is 5.95 Å². The van der Waals surface area contributed by atoms with Crippen LogP contribution in [-0.2, 0) is 55.7 Å². The number of aldehydes is 1. The summed E-state index contributed by atoms with van der Waals surface area (Å²) < 4.78 is 14.7. The zero-order valence-corrected chi connectivity index (χ0v) is 59.7. The van der Waals surface area contributed by atoms with Crippen molar-refractivity contribution in [1.82, 2.24) is 61.3 Å². The molecule has 1 unspecified atom stereocenters. The van der Waals surface area contributed by atoms with Gasteiger partial charge in [0, 0.05) is 24.5 Å². The van der Waals surface area contributed by atoms with Crippen molar-refractivity contribution in [1.29, 1.82) is 0 Å². The van der Waals surface area contributed by atoms with E-state index in [1.807, 2.05) is 13.8 Å². The molecule has 8 amide bonds. The van der Waals surface area contributed by atoms with Crippen molar-refractivity contribution in [3.8, 4) is 0 Å². The first kappa shape index (κ1) is 83.6. The van der Waals surface area contributed by atoms with Crippen LogP contribution in [0.3, 0.4) is 0 Å². The molecule has 15 atom stereocenters. The summed E-state index contributed by atoms with van der Waals surface area (Å²) >= 11 is -1.82. The molecular formula is C64H107IN15O16-. The zero-order chi connectivity index (χ0) is 72.1. The second-order valence-corrected chi connectivity index (χ2v) is 27.9. The number of aliphatic hydroxyl groups is 4. The number of benzene rings is 1. The molecule has 3 rings (SSSR count). The maximum absolute atomic E-state index is 15.5. The Morgan fingerprint density at radius 1 is 0.792 bits per heavy atom. The normalized spacial score (nSPS) is 25.2. The van der Waals surface area contributed by atoms with Gasteiger partial charge >= 0.3 is 376 Å². The van der Waals surface area contributed by atoms with Gasteiger partial charge in [0.05, 0.1) is 6.04 Å².